The molecule has 8 heteroatoms. The van der Waals surface area contributed by atoms with Crippen LogP contribution in [0.3, 0.4) is 0 Å². The fraction of sp³-hybridized carbons (Fsp3) is 0.538. The van der Waals surface area contributed by atoms with E-state index >= 15 is 0 Å². The van der Waals surface area contributed by atoms with Crippen LogP contribution in [0, 0.1) is 17.0 Å². The summed E-state index contributed by atoms with van der Waals surface area (Å²) in [6.07, 6.45) is 1.17. The number of nitrogens with zero attached hydrogens (tertiary/aromatic N) is 4. The smallest absolute Gasteiger partial charge is 0.327 e. The molecule has 1 aliphatic heterocycles. The molecule has 2 rings (SSSR count). The summed E-state index contributed by atoms with van der Waals surface area (Å²) in [6.45, 7) is 4.61. The molecule has 2 atom stereocenters. The number of rotatable bonds is 3. The van der Waals surface area contributed by atoms with Crippen LogP contribution in [0.4, 0.5) is 11.5 Å². The van der Waals surface area contributed by atoms with Gasteiger partial charge in [0.1, 0.15) is 18.1 Å². The Morgan fingerprint density at radius 2 is 2.19 bits per heavy atom. The third-order valence-electron chi connectivity index (χ3n) is 3.85. The topological polar surface area (TPSA) is 99.8 Å². The van der Waals surface area contributed by atoms with Gasteiger partial charge >= 0.3 is 5.97 Å². The number of aromatic nitrogens is 1. The minimum atomic E-state index is -0.923. The van der Waals surface area contributed by atoms with Crippen molar-refractivity contribution in [2.75, 3.05) is 25.0 Å². The minimum absolute atomic E-state index is 0.0923. The molecule has 1 N–H and O–H groups in total. The molecule has 2 heterocycles. The lowest BCUT2D eigenvalue weighted by atomic mass is 10.1. The lowest BCUT2D eigenvalue weighted by Gasteiger charge is -2.42. The number of hydrogen-bond donors (Lipinski definition) is 1. The van der Waals surface area contributed by atoms with Gasteiger partial charge in [0.2, 0.25) is 0 Å². The molecule has 0 spiro atoms. The number of piperazine rings is 1. The second-order valence-corrected chi connectivity index (χ2v) is 5.39. The molecule has 114 valence electrons. The Balaban J connectivity index is 2.38. The van der Waals surface area contributed by atoms with E-state index in [9.17, 15) is 20.0 Å². The highest BCUT2D eigenvalue weighted by Gasteiger charge is 2.35. The number of nitro groups is 1. The molecular weight excluding hydrogens is 276 g/mol. The zero-order valence-corrected chi connectivity index (χ0v) is 12.2. The van der Waals surface area contributed by atoms with Gasteiger partial charge in [-0.2, -0.15) is 0 Å². The maximum Gasteiger partial charge on any atom is 0.327 e. The molecule has 1 fully saturated rings. The summed E-state index contributed by atoms with van der Waals surface area (Å²) in [5, 5.41) is 20.2. The molecule has 1 aliphatic rings. The van der Waals surface area contributed by atoms with Crippen molar-refractivity contribution in [1.82, 2.24) is 9.88 Å². The van der Waals surface area contributed by atoms with Crippen molar-refractivity contribution >= 4 is 17.5 Å². The molecule has 2 unspecified atom stereocenters. The number of pyridine rings is 1. The number of anilines is 1. The number of carbonyl (C=O) groups is 1. The van der Waals surface area contributed by atoms with E-state index in [0.717, 1.165) is 0 Å². The SMILES string of the molecule is Cc1cc([N+](=O)[O-])cnc1N1CC(C)N(C)CC1C(=O)O. The monoisotopic (exact) mass is 294 g/mol. The van der Waals surface area contributed by atoms with Crippen molar-refractivity contribution in [2.45, 2.75) is 25.9 Å². The summed E-state index contributed by atoms with van der Waals surface area (Å²) >= 11 is 0. The Morgan fingerprint density at radius 3 is 2.71 bits per heavy atom. The fourth-order valence-electron chi connectivity index (χ4n) is 2.50. The Labute approximate surface area is 122 Å². The second-order valence-electron chi connectivity index (χ2n) is 5.39. The zero-order chi connectivity index (χ0) is 15.7. The first-order valence-corrected chi connectivity index (χ1v) is 6.62. The molecule has 8 nitrogen and oxygen atoms in total. The molecular formula is C13H18N4O4. The number of carboxylic acid groups (broad SMARTS) is 1. The summed E-state index contributed by atoms with van der Waals surface area (Å²) in [6, 6.07) is 0.889. The van der Waals surface area contributed by atoms with E-state index in [4.69, 9.17) is 0 Å². The highest BCUT2D eigenvalue weighted by Crippen LogP contribution is 2.26. The van der Waals surface area contributed by atoms with Gasteiger partial charge in [0.05, 0.1) is 4.92 Å². The predicted molar refractivity (Wildman–Crippen MR) is 76.5 cm³/mol. The van der Waals surface area contributed by atoms with Gasteiger partial charge in [-0.1, -0.05) is 0 Å². The molecule has 1 saturated heterocycles. The third kappa shape index (κ3) is 2.94. The minimum Gasteiger partial charge on any atom is -0.480 e. The summed E-state index contributed by atoms with van der Waals surface area (Å²) < 4.78 is 0. The molecule has 0 bridgehead atoms. The highest BCUT2D eigenvalue weighted by molar-refractivity contribution is 5.79. The summed E-state index contributed by atoms with van der Waals surface area (Å²) in [5.74, 6) is -0.429. The normalized spacial score (nSPS) is 23.1. The van der Waals surface area contributed by atoms with E-state index in [0.29, 0.717) is 24.5 Å². The number of likely N-dealkylation sites (N-methyl/N-ethyl adjacent to an activating group) is 1. The van der Waals surface area contributed by atoms with Crippen LogP contribution in [-0.2, 0) is 4.79 Å². The first kappa shape index (κ1) is 15.2. The van der Waals surface area contributed by atoms with Crippen molar-refractivity contribution in [3.05, 3.63) is 27.9 Å². The Morgan fingerprint density at radius 1 is 1.52 bits per heavy atom. The largest absolute Gasteiger partial charge is 0.480 e. The maximum atomic E-state index is 11.5. The van der Waals surface area contributed by atoms with Crippen molar-refractivity contribution in [2.24, 2.45) is 0 Å². The first-order chi connectivity index (χ1) is 9.81. The Kier molecular flexibility index (Phi) is 4.08. The van der Waals surface area contributed by atoms with Gasteiger partial charge in [-0.05, 0) is 26.5 Å². The number of aliphatic carboxylic acids is 1. The van der Waals surface area contributed by atoms with Crippen LogP contribution in [0.1, 0.15) is 12.5 Å². The van der Waals surface area contributed by atoms with Crippen LogP contribution in [0.15, 0.2) is 12.3 Å². The van der Waals surface area contributed by atoms with Crippen molar-refractivity contribution in [3.63, 3.8) is 0 Å². The van der Waals surface area contributed by atoms with E-state index in [1.807, 2.05) is 18.9 Å². The summed E-state index contributed by atoms with van der Waals surface area (Å²) in [4.78, 5) is 29.5. The molecule has 1 aromatic heterocycles. The van der Waals surface area contributed by atoms with Crippen LogP contribution in [-0.4, -0.2) is 58.1 Å². The quantitative estimate of drug-likeness (QED) is 0.652. The van der Waals surface area contributed by atoms with Crippen LogP contribution >= 0.6 is 0 Å². The van der Waals surface area contributed by atoms with E-state index in [1.165, 1.54) is 12.3 Å². The number of carboxylic acids is 1. The number of hydrogen-bond acceptors (Lipinski definition) is 6. The lowest BCUT2D eigenvalue weighted by molar-refractivity contribution is -0.385. The first-order valence-electron chi connectivity index (χ1n) is 6.62. The van der Waals surface area contributed by atoms with Gasteiger partial charge in [0.25, 0.3) is 5.69 Å². The molecule has 1 aromatic rings. The van der Waals surface area contributed by atoms with Gasteiger partial charge < -0.3 is 10.0 Å². The van der Waals surface area contributed by atoms with E-state index in [2.05, 4.69) is 4.98 Å². The number of aryl methyl sites for hydroxylation is 1. The van der Waals surface area contributed by atoms with Gasteiger partial charge in [-0.3, -0.25) is 15.0 Å². The lowest BCUT2D eigenvalue weighted by Crippen LogP contribution is -2.59. The molecule has 0 aromatic carbocycles. The zero-order valence-electron chi connectivity index (χ0n) is 12.2. The summed E-state index contributed by atoms with van der Waals surface area (Å²) in [7, 11) is 1.88. The molecule has 0 aliphatic carbocycles. The van der Waals surface area contributed by atoms with Gasteiger partial charge in [-0.25, -0.2) is 9.78 Å². The molecule has 21 heavy (non-hydrogen) atoms. The third-order valence-corrected chi connectivity index (χ3v) is 3.85. The molecule has 0 radical (unpaired) electrons. The van der Waals surface area contributed by atoms with Crippen LogP contribution < -0.4 is 4.90 Å². The van der Waals surface area contributed by atoms with Gasteiger partial charge in [0.15, 0.2) is 0 Å². The van der Waals surface area contributed by atoms with Gasteiger partial charge in [-0.15, -0.1) is 0 Å². The maximum absolute atomic E-state index is 11.5. The average molecular weight is 294 g/mol. The van der Waals surface area contributed by atoms with Crippen LogP contribution in [0.5, 0.6) is 0 Å². The van der Waals surface area contributed by atoms with Crippen molar-refractivity contribution in [3.8, 4) is 0 Å². The van der Waals surface area contributed by atoms with Crippen LogP contribution in [0.25, 0.3) is 0 Å². The van der Waals surface area contributed by atoms with E-state index in [1.54, 1.807) is 11.8 Å². The van der Waals surface area contributed by atoms with E-state index < -0.39 is 16.9 Å². The van der Waals surface area contributed by atoms with E-state index in [-0.39, 0.29) is 11.7 Å². The predicted octanol–water partition coefficient (Wildman–Crippen LogP) is 0.892. The van der Waals surface area contributed by atoms with Crippen molar-refractivity contribution in [1.29, 1.82) is 0 Å². The van der Waals surface area contributed by atoms with Crippen LogP contribution in [0.2, 0.25) is 0 Å². The van der Waals surface area contributed by atoms with Gasteiger partial charge in [0, 0.05) is 25.2 Å². The standard InChI is InChI=1S/C13H18N4O4/c1-8-4-10(17(20)21)5-14-12(8)16-6-9(2)15(3)7-11(16)13(18)19/h4-5,9,11H,6-7H2,1-3H3,(H,18,19). The Bertz CT molecular complexity index is 577. The second kappa shape index (κ2) is 5.65. The highest BCUT2D eigenvalue weighted by atomic mass is 16.6. The fourth-order valence-corrected chi connectivity index (χ4v) is 2.50. The van der Waals surface area contributed by atoms with Crippen molar-refractivity contribution < 1.29 is 14.8 Å². The molecule has 0 saturated carbocycles. The summed E-state index contributed by atoms with van der Waals surface area (Å²) in [5.41, 5.74) is 0.512. The average Bonchev–Trinajstić information content (AvgIpc) is 2.41. The molecule has 0 amide bonds. The Hall–Kier alpha value is -2.22.